The molecule has 0 saturated heterocycles. The lowest BCUT2D eigenvalue weighted by Crippen LogP contribution is -2.37. The lowest BCUT2D eigenvalue weighted by Gasteiger charge is -2.22. The number of hydrogen-bond donors (Lipinski definition) is 2. The number of hydrogen-bond acceptors (Lipinski definition) is 3. The van der Waals surface area contributed by atoms with Crippen molar-refractivity contribution in [2.24, 2.45) is 5.73 Å². The fourth-order valence-corrected chi connectivity index (χ4v) is 2.85. The Morgan fingerprint density at radius 2 is 1.77 bits per heavy atom. The summed E-state index contributed by atoms with van der Waals surface area (Å²) >= 11 is 0. The quantitative estimate of drug-likeness (QED) is 0.682. The zero-order valence-corrected chi connectivity index (χ0v) is 14.5. The molecular weight excluding hydrogens is 328 g/mol. The summed E-state index contributed by atoms with van der Waals surface area (Å²) in [7, 11) is 0. The lowest BCUT2D eigenvalue weighted by atomic mass is 10.1. The number of imidazole rings is 1. The lowest BCUT2D eigenvalue weighted by molar-refractivity contribution is 0.0762. The maximum atomic E-state index is 12.8. The van der Waals surface area contributed by atoms with Gasteiger partial charge in [-0.2, -0.15) is 0 Å². The summed E-state index contributed by atoms with van der Waals surface area (Å²) in [4.78, 5) is 28.8. The third-order valence-corrected chi connectivity index (χ3v) is 4.24. The van der Waals surface area contributed by atoms with Crippen LogP contribution in [0.5, 0.6) is 0 Å². The molecule has 0 aliphatic heterocycles. The molecule has 1 amide bonds. The zero-order chi connectivity index (χ0) is 18.4. The average molecular weight is 350 g/mol. The number of H-pyrrole nitrogens is 1. The Kier molecular flexibility index (Phi) is 5.66. The molecule has 0 unspecified atom stereocenters. The van der Waals surface area contributed by atoms with Crippen LogP contribution >= 0.6 is 0 Å². The first-order valence-electron chi connectivity index (χ1n) is 8.59. The van der Waals surface area contributed by atoms with Crippen molar-refractivity contribution in [3.05, 3.63) is 88.6 Å². The van der Waals surface area contributed by atoms with E-state index in [1.54, 1.807) is 41.6 Å². The van der Waals surface area contributed by atoms with Crippen molar-refractivity contribution in [1.29, 1.82) is 0 Å². The second kappa shape index (κ2) is 8.31. The van der Waals surface area contributed by atoms with E-state index in [9.17, 15) is 9.59 Å². The largest absolute Gasteiger partial charge is 0.337 e. The number of aromatic nitrogens is 2. The van der Waals surface area contributed by atoms with Gasteiger partial charge in [-0.15, -0.1) is 0 Å². The number of nitrogens with two attached hydrogens (primary N) is 1. The Morgan fingerprint density at radius 1 is 1.04 bits per heavy atom. The van der Waals surface area contributed by atoms with Crippen molar-refractivity contribution >= 4 is 5.91 Å². The molecule has 0 radical (unpaired) electrons. The molecule has 0 bridgehead atoms. The van der Waals surface area contributed by atoms with Crippen LogP contribution in [0, 0.1) is 0 Å². The summed E-state index contributed by atoms with van der Waals surface area (Å²) in [5.41, 5.74) is 7.95. The molecule has 0 aliphatic carbocycles. The first-order chi connectivity index (χ1) is 12.7. The highest BCUT2D eigenvalue weighted by Gasteiger charge is 2.15. The number of carbonyl (C=O) groups excluding carboxylic acids is 1. The summed E-state index contributed by atoms with van der Waals surface area (Å²) in [5, 5.41) is 0. The van der Waals surface area contributed by atoms with Crippen molar-refractivity contribution in [2.45, 2.75) is 6.42 Å². The van der Waals surface area contributed by atoms with Gasteiger partial charge in [0.15, 0.2) is 0 Å². The number of nitrogens with one attached hydrogen (secondary N) is 1. The highest BCUT2D eigenvalue weighted by atomic mass is 16.2. The van der Waals surface area contributed by atoms with Gasteiger partial charge in [-0.1, -0.05) is 30.3 Å². The Balaban J connectivity index is 1.72. The molecule has 0 aliphatic rings. The van der Waals surface area contributed by atoms with Gasteiger partial charge in [0, 0.05) is 37.6 Å². The van der Waals surface area contributed by atoms with E-state index in [0.29, 0.717) is 30.9 Å². The highest BCUT2D eigenvalue weighted by Crippen LogP contribution is 2.11. The van der Waals surface area contributed by atoms with E-state index in [2.05, 4.69) is 17.1 Å². The smallest absolute Gasteiger partial charge is 0.330 e. The molecule has 1 aromatic heterocycles. The minimum atomic E-state index is -0.211. The van der Waals surface area contributed by atoms with E-state index >= 15 is 0 Å². The molecule has 2 aromatic carbocycles. The van der Waals surface area contributed by atoms with Gasteiger partial charge in [0.05, 0.1) is 5.69 Å². The van der Waals surface area contributed by atoms with Crippen molar-refractivity contribution in [3.8, 4) is 5.69 Å². The van der Waals surface area contributed by atoms with Crippen LogP contribution in [0.4, 0.5) is 0 Å². The summed E-state index contributed by atoms with van der Waals surface area (Å²) in [6.45, 7) is 1.53. The molecule has 0 spiro atoms. The third-order valence-electron chi connectivity index (χ3n) is 4.24. The molecule has 3 N–H and O–H groups in total. The van der Waals surface area contributed by atoms with Gasteiger partial charge in [0.1, 0.15) is 0 Å². The van der Waals surface area contributed by atoms with Gasteiger partial charge in [0.2, 0.25) is 0 Å². The minimum absolute atomic E-state index is 0.0562. The number of nitrogens with zero attached hydrogens (tertiary/aromatic N) is 2. The predicted octanol–water partition coefficient (Wildman–Crippen LogP) is 1.81. The highest BCUT2D eigenvalue weighted by molar-refractivity contribution is 5.94. The molecule has 1 heterocycles. The van der Waals surface area contributed by atoms with E-state index in [1.165, 1.54) is 10.1 Å². The molecule has 134 valence electrons. The molecule has 0 saturated carbocycles. The number of amides is 1. The van der Waals surface area contributed by atoms with E-state index in [4.69, 9.17) is 5.73 Å². The van der Waals surface area contributed by atoms with E-state index < -0.39 is 0 Å². The first-order valence-corrected chi connectivity index (χ1v) is 8.59. The van der Waals surface area contributed by atoms with Crippen LogP contribution in [0.15, 0.2) is 71.8 Å². The summed E-state index contributed by atoms with van der Waals surface area (Å²) in [6.07, 6.45) is 4.01. The van der Waals surface area contributed by atoms with Crippen molar-refractivity contribution < 1.29 is 4.79 Å². The van der Waals surface area contributed by atoms with Crippen molar-refractivity contribution in [1.82, 2.24) is 14.5 Å². The number of carbonyl (C=O) groups is 1. The molecular formula is C20H22N4O2. The van der Waals surface area contributed by atoms with Crippen LogP contribution in [0.3, 0.4) is 0 Å². The van der Waals surface area contributed by atoms with Crippen LogP contribution in [-0.2, 0) is 6.42 Å². The first kappa shape index (κ1) is 17.7. The van der Waals surface area contributed by atoms with E-state index in [0.717, 1.165) is 6.42 Å². The topological polar surface area (TPSA) is 84.1 Å². The van der Waals surface area contributed by atoms with Crippen LogP contribution in [0.1, 0.15) is 15.9 Å². The fraction of sp³-hybridized carbons (Fsp3) is 0.200. The van der Waals surface area contributed by atoms with Crippen LogP contribution < -0.4 is 11.4 Å². The Morgan fingerprint density at radius 3 is 2.38 bits per heavy atom. The Bertz CT molecular complexity index is 897. The molecule has 3 aromatic rings. The van der Waals surface area contributed by atoms with E-state index in [1.807, 2.05) is 18.2 Å². The number of rotatable bonds is 7. The average Bonchev–Trinajstić information content (AvgIpc) is 3.11. The Labute approximate surface area is 151 Å². The second-order valence-corrected chi connectivity index (χ2v) is 6.00. The van der Waals surface area contributed by atoms with Gasteiger partial charge in [0.25, 0.3) is 5.91 Å². The Hall–Kier alpha value is -3.12. The van der Waals surface area contributed by atoms with Gasteiger partial charge in [-0.25, -0.2) is 4.79 Å². The monoisotopic (exact) mass is 350 g/mol. The number of aromatic amines is 1. The zero-order valence-electron chi connectivity index (χ0n) is 14.5. The normalized spacial score (nSPS) is 10.7. The summed E-state index contributed by atoms with van der Waals surface area (Å²) < 4.78 is 1.49. The van der Waals surface area contributed by atoms with Crippen LogP contribution in [-0.4, -0.2) is 40.0 Å². The minimum Gasteiger partial charge on any atom is -0.337 e. The SMILES string of the molecule is NCCN(CCc1ccccc1)C(=O)c1ccc(-n2cc[nH]c2=O)cc1. The molecule has 3 rings (SSSR count). The predicted molar refractivity (Wildman–Crippen MR) is 101 cm³/mol. The molecule has 26 heavy (non-hydrogen) atoms. The number of benzene rings is 2. The summed E-state index contributed by atoms with van der Waals surface area (Å²) in [6, 6.07) is 17.1. The van der Waals surface area contributed by atoms with Gasteiger partial charge < -0.3 is 15.6 Å². The molecule has 0 atom stereocenters. The fourth-order valence-electron chi connectivity index (χ4n) is 2.85. The van der Waals surface area contributed by atoms with Gasteiger partial charge in [-0.05, 0) is 36.2 Å². The van der Waals surface area contributed by atoms with Gasteiger partial charge in [-0.3, -0.25) is 9.36 Å². The standard InChI is InChI=1S/C20H22N4O2/c21-11-14-23(13-10-16-4-2-1-3-5-16)19(25)17-6-8-18(9-7-17)24-15-12-22-20(24)26/h1-9,12,15H,10-11,13-14,21H2,(H,22,26). The van der Waals surface area contributed by atoms with Crippen molar-refractivity contribution in [2.75, 3.05) is 19.6 Å². The maximum absolute atomic E-state index is 12.8. The maximum Gasteiger partial charge on any atom is 0.330 e. The molecule has 6 nitrogen and oxygen atoms in total. The van der Waals surface area contributed by atoms with E-state index in [-0.39, 0.29) is 11.6 Å². The second-order valence-electron chi connectivity index (χ2n) is 6.00. The molecule has 6 heteroatoms. The molecule has 0 fully saturated rings. The third kappa shape index (κ3) is 4.10. The van der Waals surface area contributed by atoms with Crippen LogP contribution in [0.2, 0.25) is 0 Å². The van der Waals surface area contributed by atoms with Crippen LogP contribution in [0.25, 0.3) is 5.69 Å². The summed E-state index contributed by atoms with van der Waals surface area (Å²) in [5.74, 6) is -0.0562. The van der Waals surface area contributed by atoms with Crippen molar-refractivity contribution in [3.63, 3.8) is 0 Å². The van der Waals surface area contributed by atoms with Gasteiger partial charge >= 0.3 is 5.69 Å².